The fourth-order valence-corrected chi connectivity index (χ4v) is 5.88. The van der Waals surface area contributed by atoms with Crippen molar-refractivity contribution in [2.24, 2.45) is 13.0 Å². The Hall–Kier alpha value is -3.89. The van der Waals surface area contributed by atoms with Crippen molar-refractivity contribution in [1.29, 1.82) is 0 Å². The molecule has 10 nitrogen and oxygen atoms in total. The first-order valence-corrected chi connectivity index (χ1v) is 13.3. The van der Waals surface area contributed by atoms with E-state index in [0.717, 1.165) is 48.2 Å². The van der Waals surface area contributed by atoms with E-state index in [1.165, 1.54) is 6.07 Å². The molecule has 5 heterocycles. The molecule has 1 amide bonds. The number of anilines is 1. The number of pyridine rings is 1. The molecule has 0 bridgehead atoms. The zero-order valence-corrected chi connectivity index (χ0v) is 22.1. The SMILES string of the molecule is COCC1CN(C(=O)C2CCN(c3ccnc4c3c(/C=C3\Oc5cccc(O)c5C3=O)cn4C)CC2)CCO1. The van der Waals surface area contributed by atoms with Crippen molar-refractivity contribution < 1.29 is 28.9 Å². The Kier molecular flexibility index (Phi) is 6.74. The number of aryl methyl sites for hydroxylation is 1. The van der Waals surface area contributed by atoms with Gasteiger partial charge in [-0.3, -0.25) is 9.59 Å². The number of amides is 1. The third-order valence-corrected chi connectivity index (χ3v) is 7.81. The number of phenolic OH excluding ortho intramolecular Hbond substituents is 1. The summed E-state index contributed by atoms with van der Waals surface area (Å²) in [5, 5.41) is 11.1. The van der Waals surface area contributed by atoms with Gasteiger partial charge in [0.15, 0.2) is 5.76 Å². The number of Topliss-reactive ketones (excluding diaryl/α,β-unsaturated/α-hetero) is 1. The number of ether oxygens (including phenoxy) is 3. The highest BCUT2D eigenvalue weighted by Gasteiger charge is 2.33. The normalized spacial score (nSPS) is 21.0. The fourth-order valence-electron chi connectivity index (χ4n) is 5.88. The zero-order valence-electron chi connectivity index (χ0n) is 22.1. The highest BCUT2D eigenvalue weighted by Crippen LogP contribution is 2.39. The maximum atomic E-state index is 13.3. The molecule has 1 aromatic carbocycles. The standard InChI is InChI=1S/C29H32N4O6/c1-31-15-19(14-24-27(35)26-22(34)4-3-5-23(26)39-24)25-21(6-9-30-28(25)31)32-10-7-18(8-11-32)29(36)33-12-13-38-20(16-33)17-37-2/h3-6,9,14-15,18,20,34H,7-8,10-13,16-17H2,1-2H3/b24-14-. The number of nitrogens with zero attached hydrogens (tertiary/aromatic N) is 4. The Morgan fingerprint density at radius 3 is 2.82 bits per heavy atom. The number of hydrogen-bond acceptors (Lipinski definition) is 8. The molecule has 204 valence electrons. The number of allylic oxidation sites excluding steroid dienone is 1. The van der Waals surface area contributed by atoms with Gasteiger partial charge < -0.3 is 33.7 Å². The van der Waals surface area contributed by atoms with Gasteiger partial charge in [-0.2, -0.15) is 0 Å². The molecule has 39 heavy (non-hydrogen) atoms. The van der Waals surface area contributed by atoms with E-state index in [9.17, 15) is 14.7 Å². The predicted molar refractivity (Wildman–Crippen MR) is 145 cm³/mol. The predicted octanol–water partition coefficient (Wildman–Crippen LogP) is 2.99. The topological polar surface area (TPSA) is 106 Å². The third kappa shape index (κ3) is 4.63. The number of rotatable bonds is 5. The largest absolute Gasteiger partial charge is 0.507 e. The van der Waals surface area contributed by atoms with Crippen LogP contribution in [0.2, 0.25) is 0 Å². The number of aromatic hydroxyl groups is 1. The van der Waals surface area contributed by atoms with E-state index in [4.69, 9.17) is 14.2 Å². The maximum absolute atomic E-state index is 13.3. The number of carbonyl (C=O) groups is 2. The first-order valence-electron chi connectivity index (χ1n) is 13.3. The lowest BCUT2D eigenvalue weighted by Crippen LogP contribution is -2.50. The highest BCUT2D eigenvalue weighted by atomic mass is 16.5. The van der Waals surface area contributed by atoms with Gasteiger partial charge in [0.2, 0.25) is 11.7 Å². The number of phenols is 1. The van der Waals surface area contributed by atoms with Crippen LogP contribution < -0.4 is 9.64 Å². The molecule has 2 fully saturated rings. The monoisotopic (exact) mass is 532 g/mol. The van der Waals surface area contributed by atoms with Gasteiger partial charge in [-0.15, -0.1) is 0 Å². The summed E-state index contributed by atoms with van der Waals surface area (Å²) in [6, 6.07) is 6.79. The maximum Gasteiger partial charge on any atom is 0.235 e. The lowest BCUT2D eigenvalue weighted by molar-refractivity contribution is -0.145. The molecule has 1 unspecified atom stereocenters. The first-order chi connectivity index (χ1) is 18.9. The average Bonchev–Trinajstić information content (AvgIpc) is 3.45. The Bertz CT molecular complexity index is 1450. The summed E-state index contributed by atoms with van der Waals surface area (Å²) in [7, 11) is 3.57. The van der Waals surface area contributed by atoms with E-state index in [-0.39, 0.29) is 40.8 Å². The molecule has 2 aromatic heterocycles. The van der Waals surface area contributed by atoms with Gasteiger partial charge in [0.1, 0.15) is 22.7 Å². The summed E-state index contributed by atoms with van der Waals surface area (Å²) in [4.78, 5) is 35.1. The second kappa shape index (κ2) is 10.3. The van der Waals surface area contributed by atoms with Crippen LogP contribution in [0.5, 0.6) is 11.5 Å². The van der Waals surface area contributed by atoms with Gasteiger partial charge >= 0.3 is 0 Å². The van der Waals surface area contributed by atoms with Crippen molar-refractivity contribution in [1.82, 2.24) is 14.5 Å². The highest BCUT2D eigenvalue weighted by molar-refractivity contribution is 6.17. The van der Waals surface area contributed by atoms with E-state index in [0.29, 0.717) is 32.1 Å². The number of benzene rings is 1. The van der Waals surface area contributed by atoms with Gasteiger partial charge in [-0.1, -0.05) is 6.07 Å². The lowest BCUT2D eigenvalue weighted by atomic mass is 9.94. The van der Waals surface area contributed by atoms with Gasteiger partial charge in [-0.05, 0) is 37.1 Å². The van der Waals surface area contributed by atoms with Crippen LogP contribution in [0.25, 0.3) is 17.1 Å². The third-order valence-electron chi connectivity index (χ3n) is 7.81. The molecule has 3 aliphatic heterocycles. The number of aromatic nitrogens is 2. The van der Waals surface area contributed by atoms with Crippen LogP contribution in [-0.2, 0) is 21.3 Å². The summed E-state index contributed by atoms with van der Waals surface area (Å²) in [6.07, 6.45) is 6.89. The van der Waals surface area contributed by atoms with Crippen LogP contribution in [0.3, 0.4) is 0 Å². The Morgan fingerprint density at radius 2 is 2.05 bits per heavy atom. The summed E-state index contributed by atoms with van der Waals surface area (Å²) in [5.74, 6) is 0.253. The number of piperidine rings is 1. The molecule has 2 saturated heterocycles. The van der Waals surface area contributed by atoms with Crippen LogP contribution in [-0.4, -0.2) is 83.9 Å². The molecule has 3 aromatic rings. The quantitative estimate of drug-likeness (QED) is 0.500. The number of fused-ring (bicyclic) bond motifs is 2. The van der Waals surface area contributed by atoms with Crippen molar-refractivity contribution in [3.63, 3.8) is 0 Å². The average molecular weight is 533 g/mol. The second-order valence-corrected chi connectivity index (χ2v) is 10.3. The van der Waals surface area contributed by atoms with Crippen molar-refractivity contribution in [2.45, 2.75) is 18.9 Å². The van der Waals surface area contributed by atoms with Crippen molar-refractivity contribution >= 4 is 34.5 Å². The Labute approximate surface area is 226 Å². The first kappa shape index (κ1) is 25.4. The van der Waals surface area contributed by atoms with Gasteiger partial charge in [0, 0.05) is 75.3 Å². The summed E-state index contributed by atoms with van der Waals surface area (Å²) in [6.45, 7) is 3.69. The summed E-state index contributed by atoms with van der Waals surface area (Å²) in [5.41, 5.74) is 2.79. The van der Waals surface area contributed by atoms with Crippen molar-refractivity contribution in [2.75, 3.05) is 51.4 Å². The molecule has 0 aliphatic carbocycles. The molecule has 0 saturated carbocycles. The van der Waals surface area contributed by atoms with Crippen molar-refractivity contribution in [3.8, 4) is 11.5 Å². The number of ketones is 1. The zero-order chi connectivity index (χ0) is 27.1. The van der Waals surface area contributed by atoms with Crippen LogP contribution in [0, 0.1) is 5.92 Å². The molecule has 10 heteroatoms. The van der Waals surface area contributed by atoms with Gasteiger partial charge in [0.05, 0.1) is 19.3 Å². The number of morpholine rings is 1. The fraction of sp³-hybridized carbons (Fsp3) is 0.414. The lowest BCUT2D eigenvalue weighted by Gasteiger charge is -2.38. The molecule has 6 rings (SSSR count). The molecule has 1 atom stereocenters. The van der Waals surface area contributed by atoms with Gasteiger partial charge in [0.25, 0.3) is 0 Å². The minimum atomic E-state index is -0.347. The smallest absolute Gasteiger partial charge is 0.235 e. The molecule has 0 radical (unpaired) electrons. The van der Waals surface area contributed by atoms with Crippen LogP contribution >= 0.6 is 0 Å². The van der Waals surface area contributed by atoms with E-state index >= 15 is 0 Å². The van der Waals surface area contributed by atoms with Gasteiger partial charge in [-0.25, -0.2) is 4.98 Å². The van der Waals surface area contributed by atoms with Crippen LogP contribution in [0.1, 0.15) is 28.8 Å². The minimum absolute atomic E-state index is 0.0204. The molecular weight excluding hydrogens is 500 g/mol. The van der Waals surface area contributed by atoms with Crippen molar-refractivity contribution in [3.05, 3.63) is 53.5 Å². The summed E-state index contributed by atoms with van der Waals surface area (Å²) >= 11 is 0. The van der Waals surface area contributed by atoms with E-state index < -0.39 is 0 Å². The van der Waals surface area contributed by atoms with E-state index in [2.05, 4.69) is 9.88 Å². The van der Waals surface area contributed by atoms with Crippen LogP contribution in [0.4, 0.5) is 5.69 Å². The van der Waals surface area contributed by atoms with E-state index in [1.807, 2.05) is 28.8 Å². The number of carbonyl (C=O) groups excluding carboxylic acids is 2. The summed E-state index contributed by atoms with van der Waals surface area (Å²) < 4.78 is 18.7. The molecular formula is C29H32N4O6. The molecule has 0 spiro atoms. The number of methoxy groups -OCH3 is 1. The van der Waals surface area contributed by atoms with E-state index in [1.54, 1.807) is 31.5 Å². The Morgan fingerprint density at radius 1 is 1.23 bits per heavy atom. The second-order valence-electron chi connectivity index (χ2n) is 10.3. The molecule has 1 N–H and O–H groups in total. The minimum Gasteiger partial charge on any atom is -0.507 e. The molecule has 3 aliphatic rings. The number of hydrogen-bond donors (Lipinski definition) is 1. The Balaban J connectivity index is 1.22. The van der Waals surface area contributed by atoms with Crippen LogP contribution in [0.15, 0.2) is 42.4 Å².